The van der Waals surface area contributed by atoms with E-state index >= 15 is 0 Å². The Hall–Kier alpha value is -1.04. The molecule has 1 atom stereocenters. The molecule has 0 aliphatic rings. The van der Waals surface area contributed by atoms with Crippen molar-refractivity contribution in [1.29, 1.82) is 5.26 Å². The molecule has 0 amide bonds. The molecule has 0 heterocycles. The van der Waals surface area contributed by atoms with Crippen molar-refractivity contribution in [1.82, 2.24) is 0 Å². The van der Waals surface area contributed by atoms with E-state index in [2.05, 4.69) is 0 Å². The predicted octanol–water partition coefficient (Wildman–Crippen LogP) is 4.36. The zero-order valence-corrected chi connectivity index (χ0v) is 11.2. The van der Waals surface area contributed by atoms with Crippen molar-refractivity contribution in [2.75, 3.05) is 0 Å². The van der Waals surface area contributed by atoms with Crippen molar-refractivity contribution in [2.45, 2.75) is 20.3 Å². The fourth-order valence-corrected chi connectivity index (χ4v) is 1.84. The van der Waals surface area contributed by atoms with Gasteiger partial charge in [-0.3, -0.25) is 4.79 Å². The highest BCUT2D eigenvalue weighted by Gasteiger charge is 2.21. The number of Topliss-reactive ketones (excluding diaryl/α,β-unsaturated/α-hetero) is 1. The zero-order chi connectivity index (χ0) is 13.0. The highest BCUT2D eigenvalue weighted by atomic mass is 35.5. The molecule has 0 fully saturated rings. The average Bonchev–Trinajstić information content (AvgIpc) is 2.28. The Bertz CT molecular complexity index is 463. The molecule has 0 bridgehead atoms. The highest BCUT2D eigenvalue weighted by Crippen LogP contribution is 2.25. The third-order valence-electron chi connectivity index (χ3n) is 2.38. The van der Waals surface area contributed by atoms with Crippen LogP contribution in [0.25, 0.3) is 0 Å². The molecule has 0 saturated carbocycles. The van der Waals surface area contributed by atoms with Crippen molar-refractivity contribution in [3.05, 3.63) is 33.8 Å². The Morgan fingerprint density at radius 1 is 1.35 bits per heavy atom. The van der Waals surface area contributed by atoms with Crippen LogP contribution in [0.15, 0.2) is 18.2 Å². The molecule has 0 spiro atoms. The average molecular weight is 270 g/mol. The van der Waals surface area contributed by atoms with E-state index in [0.717, 1.165) is 0 Å². The molecule has 2 nitrogen and oxygen atoms in total. The summed E-state index contributed by atoms with van der Waals surface area (Å²) in [7, 11) is 0. The van der Waals surface area contributed by atoms with E-state index in [0.29, 0.717) is 27.9 Å². The monoisotopic (exact) mass is 269 g/mol. The second kappa shape index (κ2) is 6.05. The first-order chi connectivity index (χ1) is 7.95. The number of carbonyl (C=O) groups excluding carboxylic acids is 1. The zero-order valence-electron chi connectivity index (χ0n) is 9.71. The number of ketones is 1. The maximum absolute atomic E-state index is 12.1. The van der Waals surface area contributed by atoms with E-state index in [1.165, 1.54) is 6.07 Å². The van der Waals surface area contributed by atoms with Crippen molar-refractivity contribution in [3.8, 4) is 6.07 Å². The van der Waals surface area contributed by atoms with Crippen LogP contribution in [0.2, 0.25) is 10.0 Å². The molecule has 17 heavy (non-hydrogen) atoms. The van der Waals surface area contributed by atoms with Crippen LogP contribution in [-0.4, -0.2) is 5.78 Å². The number of hydrogen-bond donors (Lipinski definition) is 0. The van der Waals surface area contributed by atoms with Crippen LogP contribution >= 0.6 is 23.2 Å². The number of rotatable bonds is 4. The van der Waals surface area contributed by atoms with Gasteiger partial charge in [0.05, 0.1) is 16.1 Å². The number of benzene rings is 1. The molecule has 1 rings (SSSR count). The van der Waals surface area contributed by atoms with Crippen LogP contribution in [0.5, 0.6) is 0 Å². The molecular weight excluding hydrogens is 257 g/mol. The van der Waals surface area contributed by atoms with Gasteiger partial charge in [0.15, 0.2) is 5.78 Å². The van der Waals surface area contributed by atoms with E-state index in [1.54, 1.807) is 12.1 Å². The van der Waals surface area contributed by atoms with Gasteiger partial charge in [-0.05, 0) is 30.5 Å². The van der Waals surface area contributed by atoms with E-state index in [-0.39, 0.29) is 5.78 Å². The second-order valence-corrected chi connectivity index (χ2v) is 5.12. The Labute approximate surface area is 111 Å². The van der Waals surface area contributed by atoms with Crippen LogP contribution in [0.3, 0.4) is 0 Å². The van der Waals surface area contributed by atoms with Crippen LogP contribution in [0, 0.1) is 23.2 Å². The molecule has 1 aromatic rings. The molecule has 0 aromatic heterocycles. The Morgan fingerprint density at radius 3 is 2.47 bits per heavy atom. The van der Waals surface area contributed by atoms with E-state index in [4.69, 9.17) is 28.5 Å². The lowest BCUT2D eigenvalue weighted by molar-refractivity contribution is 0.0937. The second-order valence-electron chi connectivity index (χ2n) is 4.30. The fourth-order valence-electron chi connectivity index (χ4n) is 1.54. The van der Waals surface area contributed by atoms with Crippen LogP contribution in [0.1, 0.15) is 30.6 Å². The summed E-state index contributed by atoms with van der Waals surface area (Å²) in [4.78, 5) is 12.1. The first kappa shape index (κ1) is 14.0. The van der Waals surface area contributed by atoms with Crippen LogP contribution in [0.4, 0.5) is 0 Å². The third-order valence-corrected chi connectivity index (χ3v) is 3.12. The number of hydrogen-bond acceptors (Lipinski definition) is 2. The molecular formula is C13H13Cl2NO. The van der Waals surface area contributed by atoms with Crippen molar-refractivity contribution in [3.63, 3.8) is 0 Å². The quantitative estimate of drug-likeness (QED) is 0.762. The summed E-state index contributed by atoms with van der Waals surface area (Å²) in [6, 6.07) is 6.72. The van der Waals surface area contributed by atoms with Crippen LogP contribution in [-0.2, 0) is 0 Å². The van der Waals surface area contributed by atoms with Gasteiger partial charge in [-0.25, -0.2) is 0 Å². The maximum atomic E-state index is 12.1. The number of carbonyl (C=O) groups is 1. The topological polar surface area (TPSA) is 40.9 Å². The van der Waals surface area contributed by atoms with Gasteiger partial charge in [-0.2, -0.15) is 5.26 Å². The minimum atomic E-state index is -0.618. The van der Waals surface area contributed by atoms with Crippen molar-refractivity contribution in [2.24, 2.45) is 11.8 Å². The SMILES string of the molecule is CC(C)CC(C#N)C(=O)c1ccc(Cl)c(Cl)c1. The predicted molar refractivity (Wildman–Crippen MR) is 69.4 cm³/mol. The largest absolute Gasteiger partial charge is 0.293 e. The molecule has 0 radical (unpaired) electrons. The molecule has 1 aromatic carbocycles. The highest BCUT2D eigenvalue weighted by molar-refractivity contribution is 6.42. The lowest BCUT2D eigenvalue weighted by atomic mass is 9.91. The van der Waals surface area contributed by atoms with Gasteiger partial charge in [-0.1, -0.05) is 37.0 Å². The summed E-state index contributed by atoms with van der Waals surface area (Å²) in [5.41, 5.74) is 0.437. The molecule has 1 unspecified atom stereocenters. The summed E-state index contributed by atoms with van der Waals surface area (Å²) >= 11 is 11.6. The summed E-state index contributed by atoms with van der Waals surface area (Å²) < 4.78 is 0. The first-order valence-corrected chi connectivity index (χ1v) is 6.10. The molecule has 90 valence electrons. The molecule has 0 saturated heterocycles. The lowest BCUT2D eigenvalue weighted by Crippen LogP contribution is -2.15. The third kappa shape index (κ3) is 3.73. The normalized spacial score (nSPS) is 12.2. The van der Waals surface area contributed by atoms with Gasteiger partial charge in [0, 0.05) is 5.56 Å². The van der Waals surface area contributed by atoms with Crippen molar-refractivity contribution >= 4 is 29.0 Å². The lowest BCUT2D eigenvalue weighted by Gasteiger charge is -2.11. The molecule has 0 aliphatic heterocycles. The maximum Gasteiger partial charge on any atom is 0.180 e. The van der Waals surface area contributed by atoms with Gasteiger partial charge < -0.3 is 0 Å². The first-order valence-electron chi connectivity index (χ1n) is 5.34. The van der Waals surface area contributed by atoms with Gasteiger partial charge in [0.2, 0.25) is 0 Å². The summed E-state index contributed by atoms with van der Waals surface area (Å²) in [5, 5.41) is 9.74. The van der Waals surface area contributed by atoms with Gasteiger partial charge >= 0.3 is 0 Å². The van der Waals surface area contributed by atoms with Gasteiger partial charge in [0.1, 0.15) is 5.92 Å². The van der Waals surface area contributed by atoms with Gasteiger partial charge in [-0.15, -0.1) is 0 Å². The Kier molecular flexibility index (Phi) is 4.99. The van der Waals surface area contributed by atoms with E-state index in [1.807, 2.05) is 19.9 Å². The Balaban J connectivity index is 2.95. The molecule has 0 aliphatic carbocycles. The number of nitrogens with zero attached hydrogens (tertiary/aromatic N) is 1. The fraction of sp³-hybridized carbons (Fsp3) is 0.385. The summed E-state index contributed by atoms with van der Waals surface area (Å²) in [5.74, 6) is -0.515. The molecule has 4 heteroatoms. The summed E-state index contributed by atoms with van der Waals surface area (Å²) in [6.45, 7) is 3.96. The van der Waals surface area contributed by atoms with E-state index < -0.39 is 5.92 Å². The standard InChI is InChI=1S/C13H13Cl2NO/c1-8(2)5-10(7-16)13(17)9-3-4-11(14)12(15)6-9/h3-4,6,8,10H,5H2,1-2H3. The minimum absolute atomic E-state index is 0.195. The smallest absolute Gasteiger partial charge is 0.180 e. The number of halogens is 2. The van der Waals surface area contributed by atoms with Crippen molar-refractivity contribution < 1.29 is 4.79 Å². The van der Waals surface area contributed by atoms with E-state index in [9.17, 15) is 4.79 Å². The number of nitriles is 1. The Morgan fingerprint density at radius 2 is 2.00 bits per heavy atom. The summed E-state index contributed by atoms with van der Waals surface area (Å²) in [6.07, 6.45) is 0.551. The van der Waals surface area contributed by atoms with Gasteiger partial charge in [0.25, 0.3) is 0 Å². The minimum Gasteiger partial charge on any atom is -0.293 e. The molecule has 0 N–H and O–H groups in total. The van der Waals surface area contributed by atoms with Crippen LogP contribution < -0.4 is 0 Å².